The molecule has 0 N–H and O–H groups in total. The predicted octanol–water partition coefficient (Wildman–Crippen LogP) is 2.79. The van der Waals surface area contributed by atoms with Crippen LogP contribution in [0.3, 0.4) is 0 Å². The molecule has 3 heterocycles. The maximum atomic E-state index is 13.8. The highest BCUT2D eigenvalue weighted by Crippen LogP contribution is 2.21. The quantitative estimate of drug-likeness (QED) is 0.709. The lowest BCUT2D eigenvalue weighted by atomic mass is 10.2. The third-order valence-electron chi connectivity index (χ3n) is 4.30. The number of carbonyl (C=O) groups is 1. The van der Waals surface area contributed by atoms with Gasteiger partial charge in [-0.15, -0.1) is 5.10 Å². The highest BCUT2D eigenvalue weighted by atomic mass is 19.1. The van der Waals surface area contributed by atoms with Gasteiger partial charge in [0.1, 0.15) is 12.4 Å². The van der Waals surface area contributed by atoms with Gasteiger partial charge in [-0.2, -0.15) is 0 Å². The molecule has 0 bridgehead atoms. The summed E-state index contributed by atoms with van der Waals surface area (Å²) >= 11 is 0. The normalized spacial score (nSPS) is 13.3. The number of pyridine rings is 1. The molecular formula is C19H16F2N4O2. The van der Waals surface area contributed by atoms with Gasteiger partial charge in [0.25, 0.3) is 5.91 Å². The molecule has 0 aliphatic carbocycles. The number of fused-ring (bicyclic) bond motifs is 1. The van der Waals surface area contributed by atoms with Crippen LogP contribution in [0.15, 0.2) is 48.7 Å². The summed E-state index contributed by atoms with van der Waals surface area (Å²) in [7, 11) is 0. The van der Waals surface area contributed by atoms with Crippen molar-refractivity contribution in [3.05, 3.63) is 77.2 Å². The smallest absolute Gasteiger partial charge is 0.275 e. The van der Waals surface area contributed by atoms with Gasteiger partial charge in [-0.3, -0.25) is 9.48 Å². The van der Waals surface area contributed by atoms with Gasteiger partial charge in [0, 0.05) is 18.7 Å². The van der Waals surface area contributed by atoms with E-state index in [9.17, 15) is 13.6 Å². The number of amides is 1. The van der Waals surface area contributed by atoms with E-state index in [1.807, 2.05) is 30.3 Å². The summed E-state index contributed by atoms with van der Waals surface area (Å²) in [4.78, 5) is 17.5. The molecule has 3 aromatic rings. The van der Waals surface area contributed by atoms with Gasteiger partial charge in [0.05, 0.1) is 25.0 Å². The van der Waals surface area contributed by atoms with Gasteiger partial charge < -0.3 is 9.64 Å². The van der Waals surface area contributed by atoms with Crippen molar-refractivity contribution in [1.82, 2.24) is 19.7 Å². The molecule has 1 aliphatic heterocycles. The van der Waals surface area contributed by atoms with Crippen molar-refractivity contribution in [3.63, 3.8) is 0 Å². The van der Waals surface area contributed by atoms with E-state index >= 15 is 0 Å². The molecule has 1 aliphatic rings. The van der Waals surface area contributed by atoms with Gasteiger partial charge in [-0.25, -0.2) is 13.8 Å². The molecule has 8 heteroatoms. The number of halogens is 2. The van der Waals surface area contributed by atoms with Crippen LogP contribution in [0.2, 0.25) is 0 Å². The molecule has 0 saturated heterocycles. The Labute approximate surface area is 154 Å². The lowest BCUT2D eigenvalue weighted by molar-refractivity contribution is 0.0694. The molecule has 27 heavy (non-hydrogen) atoms. The molecule has 0 atom stereocenters. The number of rotatable bonds is 4. The van der Waals surface area contributed by atoms with Crippen LogP contribution < -0.4 is 4.74 Å². The van der Waals surface area contributed by atoms with E-state index in [-0.39, 0.29) is 12.2 Å². The Morgan fingerprint density at radius 2 is 1.96 bits per heavy atom. The number of nitrogens with zero attached hydrogens (tertiary/aromatic N) is 4. The summed E-state index contributed by atoms with van der Waals surface area (Å²) in [5.74, 6) is -1.90. The highest BCUT2D eigenvalue weighted by molar-refractivity contribution is 5.92. The Morgan fingerprint density at radius 1 is 1.15 bits per heavy atom. The number of carbonyl (C=O) groups excluding carboxylic acids is 1. The van der Waals surface area contributed by atoms with Crippen molar-refractivity contribution in [2.24, 2.45) is 0 Å². The summed E-state index contributed by atoms with van der Waals surface area (Å²) < 4.78 is 34.3. The van der Waals surface area contributed by atoms with E-state index in [1.165, 1.54) is 4.90 Å². The maximum absolute atomic E-state index is 13.8. The van der Waals surface area contributed by atoms with Crippen LogP contribution in [0.5, 0.6) is 5.88 Å². The molecule has 2 aromatic heterocycles. The Kier molecular flexibility index (Phi) is 4.53. The van der Waals surface area contributed by atoms with E-state index in [0.717, 1.165) is 17.5 Å². The molecule has 0 radical (unpaired) electrons. The van der Waals surface area contributed by atoms with Crippen LogP contribution in [0.4, 0.5) is 8.78 Å². The minimum atomic E-state index is -0.967. The molecule has 0 spiro atoms. The van der Waals surface area contributed by atoms with Crippen LogP contribution in [0, 0.1) is 11.6 Å². The van der Waals surface area contributed by atoms with E-state index in [1.54, 1.807) is 10.7 Å². The second-order valence-electron chi connectivity index (χ2n) is 6.18. The molecule has 6 nitrogen and oxygen atoms in total. The second kappa shape index (κ2) is 7.14. The molecule has 1 aromatic carbocycles. The first-order chi connectivity index (χ1) is 13.1. The van der Waals surface area contributed by atoms with Crippen molar-refractivity contribution in [3.8, 4) is 5.88 Å². The SMILES string of the molecule is O=C(c1ncc(F)cc1F)N1CCn2nc(OCc3ccccc3)cc2C1. The third kappa shape index (κ3) is 3.64. The van der Waals surface area contributed by atoms with E-state index in [2.05, 4.69) is 10.1 Å². The zero-order chi connectivity index (χ0) is 18.8. The van der Waals surface area contributed by atoms with Crippen molar-refractivity contribution in [1.29, 1.82) is 0 Å². The third-order valence-corrected chi connectivity index (χ3v) is 4.30. The van der Waals surface area contributed by atoms with Crippen LogP contribution >= 0.6 is 0 Å². The zero-order valence-corrected chi connectivity index (χ0v) is 14.3. The first-order valence-electron chi connectivity index (χ1n) is 8.44. The monoisotopic (exact) mass is 370 g/mol. The van der Waals surface area contributed by atoms with E-state index < -0.39 is 17.5 Å². The van der Waals surface area contributed by atoms with Crippen molar-refractivity contribution < 1.29 is 18.3 Å². The molecular weight excluding hydrogens is 354 g/mol. The van der Waals surface area contributed by atoms with Crippen molar-refractivity contribution >= 4 is 5.91 Å². The molecule has 4 rings (SSSR count). The highest BCUT2D eigenvalue weighted by Gasteiger charge is 2.26. The van der Waals surface area contributed by atoms with E-state index in [0.29, 0.717) is 31.6 Å². The van der Waals surface area contributed by atoms with Crippen LogP contribution in [-0.2, 0) is 19.7 Å². The number of hydrogen-bond donors (Lipinski definition) is 0. The minimum absolute atomic E-state index is 0.249. The number of benzene rings is 1. The van der Waals surface area contributed by atoms with Gasteiger partial charge in [0.15, 0.2) is 11.5 Å². The predicted molar refractivity (Wildman–Crippen MR) is 91.9 cm³/mol. The molecule has 0 fully saturated rings. The summed E-state index contributed by atoms with van der Waals surface area (Å²) in [6, 6.07) is 12.1. The summed E-state index contributed by atoms with van der Waals surface area (Å²) in [5, 5.41) is 4.38. The van der Waals surface area contributed by atoms with Crippen molar-refractivity contribution in [2.45, 2.75) is 19.7 Å². The van der Waals surface area contributed by atoms with Gasteiger partial charge in [-0.1, -0.05) is 30.3 Å². The maximum Gasteiger partial charge on any atom is 0.275 e. The fourth-order valence-electron chi connectivity index (χ4n) is 2.94. The average Bonchev–Trinajstić information content (AvgIpc) is 3.09. The lowest BCUT2D eigenvalue weighted by Gasteiger charge is -2.27. The standard InChI is InChI=1S/C19H16F2N4O2/c20-14-8-16(21)18(22-10-14)19(26)24-6-7-25-15(11-24)9-17(23-25)27-12-13-4-2-1-3-5-13/h1-5,8-10H,6-7,11-12H2. The van der Waals surface area contributed by atoms with Gasteiger partial charge in [0.2, 0.25) is 5.88 Å². The Hall–Kier alpha value is -3.29. The Bertz CT molecular complexity index is 975. The number of aromatic nitrogens is 3. The molecule has 0 saturated carbocycles. The van der Waals surface area contributed by atoms with Crippen LogP contribution in [0.25, 0.3) is 0 Å². The summed E-state index contributed by atoms with van der Waals surface area (Å²) in [6.45, 7) is 1.45. The average molecular weight is 370 g/mol. The fourth-order valence-corrected chi connectivity index (χ4v) is 2.94. The number of ether oxygens (including phenoxy) is 1. The number of hydrogen-bond acceptors (Lipinski definition) is 4. The fraction of sp³-hybridized carbons (Fsp3) is 0.211. The summed E-state index contributed by atoms with van der Waals surface area (Å²) in [6.07, 6.45) is 0.833. The van der Waals surface area contributed by atoms with Crippen LogP contribution in [-0.4, -0.2) is 32.1 Å². The van der Waals surface area contributed by atoms with Crippen molar-refractivity contribution in [2.75, 3.05) is 6.54 Å². The first kappa shape index (κ1) is 17.1. The minimum Gasteiger partial charge on any atom is -0.472 e. The first-order valence-corrected chi connectivity index (χ1v) is 8.44. The second-order valence-corrected chi connectivity index (χ2v) is 6.18. The topological polar surface area (TPSA) is 60.2 Å². The van der Waals surface area contributed by atoms with Gasteiger partial charge >= 0.3 is 0 Å². The van der Waals surface area contributed by atoms with Crippen LogP contribution in [0.1, 0.15) is 21.7 Å². The molecule has 0 unspecified atom stereocenters. The van der Waals surface area contributed by atoms with E-state index in [4.69, 9.17) is 4.74 Å². The molecule has 138 valence electrons. The largest absolute Gasteiger partial charge is 0.472 e. The summed E-state index contributed by atoms with van der Waals surface area (Å²) in [5.41, 5.74) is 1.42. The Balaban J connectivity index is 1.45. The van der Waals surface area contributed by atoms with Gasteiger partial charge in [-0.05, 0) is 5.56 Å². The zero-order valence-electron chi connectivity index (χ0n) is 14.3. The molecule has 1 amide bonds. The lowest BCUT2D eigenvalue weighted by Crippen LogP contribution is -2.39. The Morgan fingerprint density at radius 3 is 2.74 bits per heavy atom.